The van der Waals surface area contributed by atoms with Gasteiger partial charge in [-0.3, -0.25) is 4.79 Å². The molecule has 1 aromatic heterocycles. The fourth-order valence-electron chi connectivity index (χ4n) is 3.11. The summed E-state index contributed by atoms with van der Waals surface area (Å²) in [6, 6.07) is 21.1. The lowest BCUT2D eigenvalue weighted by Gasteiger charge is -2.09. The molecule has 0 bridgehead atoms. The number of hydrogen-bond donors (Lipinski definition) is 1. The standard InChI is InChI=1S/C23H18FNO2/c1-15-6-2-3-7-17(15)14-25-21-19-8-4-5-9-20(19)27-23(21)22(26)16-10-12-18(24)13-11-16/h2-13,25H,14H2,1H3. The number of benzene rings is 3. The number of carbonyl (C=O) groups is 1. The van der Waals surface area contributed by atoms with Crippen molar-refractivity contribution in [2.24, 2.45) is 0 Å². The first-order valence-electron chi connectivity index (χ1n) is 8.73. The van der Waals surface area contributed by atoms with Crippen LogP contribution in [0.5, 0.6) is 0 Å². The number of hydrogen-bond acceptors (Lipinski definition) is 3. The molecule has 0 spiro atoms. The Kier molecular flexibility index (Phi) is 4.47. The maximum absolute atomic E-state index is 13.2. The van der Waals surface area contributed by atoms with Crippen molar-refractivity contribution >= 4 is 22.4 Å². The minimum absolute atomic E-state index is 0.233. The maximum atomic E-state index is 13.2. The van der Waals surface area contributed by atoms with Crippen molar-refractivity contribution in [3.8, 4) is 0 Å². The number of ketones is 1. The maximum Gasteiger partial charge on any atom is 0.230 e. The highest BCUT2D eigenvalue weighted by Crippen LogP contribution is 2.33. The number of fused-ring (bicyclic) bond motifs is 1. The minimum atomic E-state index is -0.381. The van der Waals surface area contributed by atoms with Gasteiger partial charge in [-0.2, -0.15) is 0 Å². The van der Waals surface area contributed by atoms with Gasteiger partial charge in [-0.15, -0.1) is 0 Å². The van der Waals surface area contributed by atoms with E-state index < -0.39 is 0 Å². The summed E-state index contributed by atoms with van der Waals surface area (Å²) in [6.07, 6.45) is 0. The van der Waals surface area contributed by atoms with Gasteiger partial charge in [0.05, 0.1) is 5.69 Å². The number of halogens is 1. The molecule has 0 saturated carbocycles. The van der Waals surface area contributed by atoms with E-state index in [4.69, 9.17) is 4.42 Å². The number of carbonyl (C=O) groups excluding carboxylic acids is 1. The molecule has 0 unspecified atom stereocenters. The molecule has 1 N–H and O–H groups in total. The van der Waals surface area contributed by atoms with E-state index in [-0.39, 0.29) is 17.4 Å². The van der Waals surface area contributed by atoms with Crippen molar-refractivity contribution in [1.29, 1.82) is 0 Å². The average molecular weight is 359 g/mol. The van der Waals surface area contributed by atoms with Gasteiger partial charge < -0.3 is 9.73 Å². The number of furan rings is 1. The number of aryl methyl sites for hydroxylation is 1. The summed E-state index contributed by atoms with van der Waals surface area (Å²) in [5, 5.41) is 4.21. The highest BCUT2D eigenvalue weighted by Gasteiger charge is 2.22. The molecule has 4 aromatic rings. The highest BCUT2D eigenvalue weighted by atomic mass is 19.1. The van der Waals surface area contributed by atoms with Crippen LogP contribution in [-0.2, 0) is 6.54 Å². The van der Waals surface area contributed by atoms with Gasteiger partial charge in [-0.25, -0.2) is 4.39 Å². The molecular formula is C23H18FNO2. The van der Waals surface area contributed by atoms with Crippen LogP contribution in [-0.4, -0.2) is 5.78 Å². The Balaban J connectivity index is 1.74. The van der Waals surface area contributed by atoms with Gasteiger partial charge in [-0.05, 0) is 54.4 Å². The molecule has 0 amide bonds. The molecule has 3 aromatic carbocycles. The number of para-hydroxylation sites is 1. The quantitative estimate of drug-likeness (QED) is 0.463. The van der Waals surface area contributed by atoms with E-state index in [0.717, 1.165) is 10.9 Å². The van der Waals surface area contributed by atoms with Gasteiger partial charge in [0.1, 0.15) is 11.4 Å². The molecule has 4 heteroatoms. The van der Waals surface area contributed by atoms with E-state index in [2.05, 4.69) is 18.3 Å². The predicted octanol–water partition coefficient (Wildman–Crippen LogP) is 5.72. The Morgan fingerprint density at radius 1 is 0.963 bits per heavy atom. The predicted molar refractivity (Wildman–Crippen MR) is 105 cm³/mol. The van der Waals surface area contributed by atoms with E-state index in [0.29, 0.717) is 23.4 Å². The molecule has 1 heterocycles. The molecule has 0 aliphatic carbocycles. The molecule has 0 aliphatic heterocycles. The summed E-state index contributed by atoms with van der Waals surface area (Å²) in [6.45, 7) is 2.62. The zero-order valence-electron chi connectivity index (χ0n) is 14.8. The molecule has 0 atom stereocenters. The number of rotatable bonds is 5. The molecule has 134 valence electrons. The minimum Gasteiger partial charge on any atom is -0.450 e. The fourth-order valence-corrected chi connectivity index (χ4v) is 3.11. The molecule has 0 saturated heterocycles. The number of anilines is 1. The average Bonchev–Trinajstić information content (AvgIpc) is 3.06. The van der Waals surface area contributed by atoms with Gasteiger partial charge in [0.15, 0.2) is 5.76 Å². The Morgan fingerprint density at radius 2 is 1.67 bits per heavy atom. The molecule has 3 nitrogen and oxygen atoms in total. The van der Waals surface area contributed by atoms with Gasteiger partial charge in [0.2, 0.25) is 5.78 Å². The second kappa shape index (κ2) is 7.08. The summed E-state index contributed by atoms with van der Waals surface area (Å²) in [7, 11) is 0. The lowest BCUT2D eigenvalue weighted by molar-refractivity contribution is 0.101. The topological polar surface area (TPSA) is 42.2 Å². The van der Waals surface area contributed by atoms with Gasteiger partial charge in [-0.1, -0.05) is 36.4 Å². The van der Waals surface area contributed by atoms with Crippen LogP contribution < -0.4 is 5.32 Å². The van der Waals surface area contributed by atoms with Crippen LogP contribution in [0.15, 0.2) is 77.2 Å². The summed E-state index contributed by atoms with van der Waals surface area (Å²) < 4.78 is 19.1. The summed E-state index contributed by atoms with van der Waals surface area (Å²) in [5.74, 6) is -0.427. The van der Waals surface area contributed by atoms with Crippen molar-refractivity contribution in [2.45, 2.75) is 13.5 Å². The lowest BCUT2D eigenvalue weighted by Crippen LogP contribution is -2.07. The van der Waals surface area contributed by atoms with Gasteiger partial charge >= 0.3 is 0 Å². The smallest absolute Gasteiger partial charge is 0.230 e. The zero-order valence-corrected chi connectivity index (χ0v) is 14.8. The Morgan fingerprint density at radius 3 is 2.44 bits per heavy atom. The van der Waals surface area contributed by atoms with E-state index >= 15 is 0 Å². The number of nitrogens with one attached hydrogen (secondary N) is 1. The highest BCUT2D eigenvalue weighted by molar-refractivity contribution is 6.14. The first kappa shape index (κ1) is 17.0. The van der Waals surface area contributed by atoms with E-state index in [1.807, 2.05) is 42.5 Å². The van der Waals surface area contributed by atoms with Crippen LogP contribution in [0.25, 0.3) is 11.0 Å². The van der Waals surface area contributed by atoms with Crippen LogP contribution in [0.1, 0.15) is 27.2 Å². The summed E-state index contributed by atoms with van der Waals surface area (Å²) >= 11 is 0. The molecule has 0 fully saturated rings. The van der Waals surface area contributed by atoms with Crippen LogP contribution in [0, 0.1) is 12.7 Å². The Labute approximate surface area is 156 Å². The van der Waals surface area contributed by atoms with Crippen LogP contribution >= 0.6 is 0 Å². The van der Waals surface area contributed by atoms with Gasteiger partial charge in [0, 0.05) is 17.5 Å². The van der Waals surface area contributed by atoms with Crippen molar-refractivity contribution < 1.29 is 13.6 Å². The third kappa shape index (κ3) is 3.34. The van der Waals surface area contributed by atoms with Crippen molar-refractivity contribution in [3.05, 3.63) is 101 Å². The Bertz CT molecular complexity index is 1110. The van der Waals surface area contributed by atoms with Crippen LogP contribution in [0.2, 0.25) is 0 Å². The lowest BCUT2D eigenvalue weighted by atomic mass is 10.1. The second-order valence-electron chi connectivity index (χ2n) is 6.42. The fraction of sp³-hybridized carbons (Fsp3) is 0.0870. The van der Waals surface area contributed by atoms with Crippen LogP contribution in [0.4, 0.5) is 10.1 Å². The van der Waals surface area contributed by atoms with Crippen LogP contribution in [0.3, 0.4) is 0 Å². The first-order valence-corrected chi connectivity index (χ1v) is 8.73. The molecule has 27 heavy (non-hydrogen) atoms. The van der Waals surface area contributed by atoms with E-state index in [1.54, 1.807) is 0 Å². The van der Waals surface area contributed by atoms with Crippen molar-refractivity contribution in [1.82, 2.24) is 0 Å². The SMILES string of the molecule is Cc1ccccc1CNc1c(C(=O)c2ccc(F)cc2)oc2ccccc12. The second-order valence-corrected chi connectivity index (χ2v) is 6.42. The van der Waals surface area contributed by atoms with Gasteiger partial charge in [0.25, 0.3) is 0 Å². The normalized spacial score (nSPS) is 10.9. The first-order chi connectivity index (χ1) is 13.1. The third-order valence-corrected chi connectivity index (χ3v) is 4.62. The molecular weight excluding hydrogens is 341 g/mol. The van der Waals surface area contributed by atoms with E-state index in [9.17, 15) is 9.18 Å². The molecule has 0 aliphatic rings. The molecule has 0 radical (unpaired) electrons. The summed E-state index contributed by atoms with van der Waals surface area (Å²) in [4.78, 5) is 13.0. The zero-order chi connectivity index (χ0) is 18.8. The monoisotopic (exact) mass is 359 g/mol. The summed E-state index contributed by atoms with van der Waals surface area (Å²) in [5.41, 5.74) is 3.99. The largest absolute Gasteiger partial charge is 0.450 e. The third-order valence-electron chi connectivity index (χ3n) is 4.62. The molecule has 4 rings (SSSR count). The van der Waals surface area contributed by atoms with Crippen molar-refractivity contribution in [3.63, 3.8) is 0 Å². The Hall–Kier alpha value is -3.40. The van der Waals surface area contributed by atoms with Crippen molar-refractivity contribution in [2.75, 3.05) is 5.32 Å². The van der Waals surface area contributed by atoms with E-state index in [1.165, 1.54) is 29.8 Å².